The third-order valence-electron chi connectivity index (χ3n) is 3.05. The van der Waals surface area contributed by atoms with Crippen LogP contribution in [0.4, 0.5) is 11.6 Å². The third-order valence-corrected chi connectivity index (χ3v) is 3.98. The summed E-state index contributed by atoms with van der Waals surface area (Å²) in [7, 11) is -3.38. The lowest BCUT2D eigenvalue weighted by Crippen LogP contribution is -2.37. The number of hydrogen-bond donors (Lipinski definition) is 2. The van der Waals surface area contributed by atoms with Crippen molar-refractivity contribution < 1.29 is 8.42 Å². The second-order valence-electron chi connectivity index (χ2n) is 4.56. The lowest BCUT2D eigenvalue weighted by molar-refractivity contribution is 0.434. The molecule has 0 atom stereocenters. The van der Waals surface area contributed by atoms with Crippen molar-refractivity contribution in [2.24, 2.45) is 11.1 Å². The monoisotopic (exact) mass is 271 g/mol. The lowest BCUT2D eigenvalue weighted by Gasteiger charge is -2.32. The van der Waals surface area contributed by atoms with Crippen LogP contribution in [0.1, 0.15) is 12.8 Å². The molecule has 0 aromatic carbocycles. The molecule has 2 heterocycles. The van der Waals surface area contributed by atoms with Crippen molar-refractivity contribution in [3.63, 3.8) is 0 Å². The van der Waals surface area contributed by atoms with Crippen LogP contribution in [0.5, 0.6) is 0 Å². The summed E-state index contributed by atoms with van der Waals surface area (Å²) in [5, 5.41) is 5.05. The van der Waals surface area contributed by atoms with E-state index >= 15 is 0 Å². The highest BCUT2D eigenvalue weighted by Crippen LogP contribution is 2.22. The van der Waals surface area contributed by atoms with E-state index in [9.17, 15) is 8.42 Å². The Balaban J connectivity index is 1.94. The van der Waals surface area contributed by atoms with E-state index in [1.165, 1.54) is 6.20 Å². The summed E-state index contributed by atoms with van der Waals surface area (Å²) in [6, 6.07) is 0. The van der Waals surface area contributed by atoms with E-state index < -0.39 is 10.0 Å². The summed E-state index contributed by atoms with van der Waals surface area (Å²) in [6.45, 7) is 1.50. The number of nitrogen functional groups attached to an aromatic ring is 1. The van der Waals surface area contributed by atoms with E-state index in [0.717, 1.165) is 31.7 Å². The summed E-state index contributed by atoms with van der Waals surface area (Å²) in [4.78, 5) is 10.2. The van der Waals surface area contributed by atoms with Crippen molar-refractivity contribution in [1.82, 2.24) is 9.97 Å². The number of piperidine rings is 1. The van der Waals surface area contributed by atoms with Crippen LogP contribution in [-0.2, 0) is 10.0 Å². The van der Waals surface area contributed by atoms with Gasteiger partial charge >= 0.3 is 0 Å². The maximum atomic E-state index is 11.0. The van der Waals surface area contributed by atoms with Crippen LogP contribution in [0, 0.1) is 5.92 Å². The highest BCUT2D eigenvalue weighted by molar-refractivity contribution is 7.89. The Labute approximate surface area is 106 Å². The fourth-order valence-corrected chi connectivity index (χ4v) is 3.17. The number of rotatable bonds is 3. The van der Waals surface area contributed by atoms with Gasteiger partial charge in [-0.15, -0.1) is 0 Å². The van der Waals surface area contributed by atoms with Crippen LogP contribution in [0.25, 0.3) is 0 Å². The van der Waals surface area contributed by atoms with E-state index in [1.54, 1.807) is 6.20 Å². The normalized spacial score (nSPS) is 17.9. The predicted octanol–water partition coefficient (Wildman–Crippen LogP) is -0.436. The third kappa shape index (κ3) is 3.54. The van der Waals surface area contributed by atoms with Crippen LogP contribution < -0.4 is 15.8 Å². The van der Waals surface area contributed by atoms with Crippen molar-refractivity contribution in [3.8, 4) is 0 Å². The molecule has 2 rings (SSSR count). The van der Waals surface area contributed by atoms with Crippen molar-refractivity contribution in [3.05, 3.63) is 12.4 Å². The minimum atomic E-state index is -3.38. The summed E-state index contributed by atoms with van der Waals surface area (Å²) in [5.74, 6) is 1.32. The van der Waals surface area contributed by atoms with Crippen LogP contribution in [-0.4, -0.2) is 37.2 Å². The van der Waals surface area contributed by atoms with Gasteiger partial charge in [0, 0.05) is 13.1 Å². The molecule has 18 heavy (non-hydrogen) atoms. The molecule has 1 saturated heterocycles. The first-order valence-corrected chi connectivity index (χ1v) is 7.48. The van der Waals surface area contributed by atoms with E-state index in [2.05, 4.69) is 14.9 Å². The lowest BCUT2D eigenvalue weighted by atomic mass is 9.99. The Morgan fingerprint density at radius 3 is 2.56 bits per heavy atom. The number of nitrogens with zero attached hydrogens (tertiary/aromatic N) is 3. The quantitative estimate of drug-likeness (QED) is 0.770. The zero-order valence-electron chi connectivity index (χ0n) is 9.99. The van der Waals surface area contributed by atoms with Gasteiger partial charge in [0.05, 0.1) is 18.1 Å². The van der Waals surface area contributed by atoms with Crippen LogP contribution in [0.15, 0.2) is 12.4 Å². The Morgan fingerprint density at radius 2 is 2.00 bits per heavy atom. The number of anilines is 2. The molecule has 1 fully saturated rings. The standard InChI is InChI=1S/C10H17N5O2S/c11-9-5-13-6-10(14-9)15-3-1-8(2-4-15)7-18(12,16)17/h5-6,8H,1-4,7H2,(H2,11,14)(H2,12,16,17). The van der Waals surface area contributed by atoms with Crippen molar-refractivity contribution >= 4 is 21.7 Å². The van der Waals surface area contributed by atoms with Gasteiger partial charge in [0.15, 0.2) is 0 Å². The smallest absolute Gasteiger partial charge is 0.209 e. The number of nitrogens with two attached hydrogens (primary N) is 2. The molecule has 4 N–H and O–H groups in total. The molecule has 7 nitrogen and oxygen atoms in total. The highest BCUT2D eigenvalue weighted by Gasteiger charge is 2.23. The zero-order chi connectivity index (χ0) is 13.2. The first-order chi connectivity index (χ1) is 8.44. The molecule has 100 valence electrons. The van der Waals surface area contributed by atoms with Gasteiger partial charge in [0.1, 0.15) is 11.6 Å². The number of primary sulfonamides is 1. The van der Waals surface area contributed by atoms with Crippen molar-refractivity contribution in [1.29, 1.82) is 0 Å². The van der Waals surface area contributed by atoms with Gasteiger partial charge in [-0.2, -0.15) is 0 Å². The summed E-state index contributed by atoms with van der Waals surface area (Å²) < 4.78 is 22.0. The second-order valence-corrected chi connectivity index (χ2v) is 6.22. The molecule has 0 aliphatic carbocycles. The van der Waals surface area contributed by atoms with Crippen LogP contribution in [0.2, 0.25) is 0 Å². The fraction of sp³-hybridized carbons (Fsp3) is 0.600. The molecule has 0 saturated carbocycles. The van der Waals surface area contributed by atoms with Crippen molar-refractivity contribution in [2.45, 2.75) is 12.8 Å². The largest absolute Gasteiger partial charge is 0.382 e. The van der Waals surface area contributed by atoms with E-state index in [1.807, 2.05) is 0 Å². The van der Waals surface area contributed by atoms with Gasteiger partial charge in [-0.05, 0) is 18.8 Å². The fourth-order valence-electron chi connectivity index (χ4n) is 2.18. The molecule has 0 bridgehead atoms. The molecule has 0 amide bonds. The molecule has 1 aromatic heterocycles. The van der Waals surface area contributed by atoms with Gasteiger partial charge in [-0.25, -0.2) is 18.5 Å². The molecular formula is C10H17N5O2S. The molecule has 8 heteroatoms. The average molecular weight is 271 g/mol. The molecule has 0 spiro atoms. The number of aromatic nitrogens is 2. The summed E-state index contributed by atoms with van der Waals surface area (Å²) in [5.41, 5.74) is 5.58. The van der Waals surface area contributed by atoms with Crippen LogP contribution >= 0.6 is 0 Å². The summed E-state index contributed by atoms with van der Waals surface area (Å²) >= 11 is 0. The Hall–Kier alpha value is -1.41. The van der Waals surface area contributed by atoms with Gasteiger partial charge in [0.25, 0.3) is 0 Å². The van der Waals surface area contributed by atoms with E-state index in [0.29, 0.717) is 5.82 Å². The zero-order valence-corrected chi connectivity index (χ0v) is 10.8. The summed E-state index contributed by atoms with van der Waals surface area (Å²) in [6.07, 6.45) is 4.73. The van der Waals surface area contributed by atoms with Gasteiger partial charge < -0.3 is 10.6 Å². The van der Waals surface area contributed by atoms with E-state index in [-0.39, 0.29) is 11.7 Å². The first-order valence-electron chi connectivity index (χ1n) is 5.77. The predicted molar refractivity (Wildman–Crippen MR) is 69.4 cm³/mol. The first kappa shape index (κ1) is 13.0. The highest BCUT2D eigenvalue weighted by atomic mass is 32.2. The molecule has 0 radical (unpaired) electrons. The van der Waals surface area contributed by atoms with Gasteiger partial charge in [-0.3, -0.25) is 4.98 Å². The average Bonchev–Trinajstić information content (AvgIpc) is 2.28. The Kier molecular flexibility index (Phi) is 3.67. The topological polar surface area (TPSA) is 115 Å². The Bertz CT molecular complexity index is 511. The number of hydrogen-bond acceptors (Lipinski definition) is 6. The maximum Gasteiger partial charge on any atom is 0.209 e. The minimum absolute atomic E-state index is 0.0590. The Morgan fingerprint density at radius 1 is 1.33 bits per heavy atom. The van der Waals surface area contributed by atoms with Gasteiger partial charge in [-0.1, -0.05) is 0 Å². The molecule has 1 aliphatic heterocycles. The minimum Gasteiger partial charge on any atom is -0.382 e. The SMILES string of the molecule is Nc1cncc(N2CCC(CS(N)(=O)=O)CC2)n1. The molecular weight excluding hydrogens is 254 g/mol. The van der Waals surface area contributed by atoms with Crippen molar-refractivity contribution in [2.75, 3.05) is 29.5 Å². The van der Waals surface area contributed by atoms with Gasteiger partial charge in [0.2, 0.25) is 10.0 Å². The maximum absolute atomic E-state index is 11.0. The number of sulfonamides is 1. The molecule has 1 aliphatic rings. The second kappa shape index (κ2) is 5.07. The van der Waals surface area contributed by atoms with E-state index in [4.69, 9.17) is 10.9 Å². The van der Waals surface area contributed by atoms with Crippen LogP contribution in [0.3, 0.4) is 0 Å². The molecule has 0 unspecified atom stereocenters. The molecule has 1 aromatic rings.